The molecule has 1 aromatic rings. The Kier molecular flexibility index (Phi) is 3.45. The van der Waals surface area contributed by atoms with Crippen LogP contribution in [-0.4, -0.2) is 19.0 Å². The van der Waals surface area contributed by atoms with Gasteiger partial charge in [0.05, 0.1) is 12.8 Å². The molecule has 5 heteroatoms. The number of aryl methyl sites for hydroxylation is 1. The summed E-state index contributed by atoms with van der Waals surface area (Å²) < 4.78 is 4.75. The SMILES string of the molecule is COC(=O)c1scc(C)c1NC(=O)C1C(C)(C)C1(C)C. The molecule has 1 amide bonds. The van der Waals surface area contributed by atoms with Crippen LogP contribution in [0.15, 0.2) is 5.38 Å². The lowest BCUT2D eigenvalue weighted by Gasteiger charge is -2.08. The summed E-state index contributed by atoms with van der Waals surface area (Å²) in [6, 6.07) is 0. The largest absolute Gasteiger partial charge is 0.465 e. The maximum atomic E-state index is 12.5. The minimum atomic E-state index is -0.410. The highest BCUT2D eigenvalue weighted by Gasteiger charge is 2.68. The summed E-state index contributed by atoms with van der Waals surface area (Å²) in [5.74, 6) is -0.473. The van der Waals surface area contributed by atoms with Gasteiger partial charge in [-0.25, -0.2) is 4.79 Å². The number of amides is 1. The molecule has 20 heavy (non-hydrogen) atoms. The number of hydrogen-bond acceptors (Lipinski definition) is 4. The molecular formula is C15H21NO3S. The molecule has 0 radical (unpaired) electrons. The molecule has 0 aromatic carbocycles. The van der Waals surface area contributed by atoms with Crippen LogP contribution < -0.4 is 5.32 Å². The Hall–Kier alpha value is -1.36. The number of anilines is 1. The molecule has 110 valence electrons. The van der Waals surface area contributed by atoms with Gasteiger partial charge >= 0.3 is 5.97 Å². The Morgan fingerprint density at radius 1 is 1.25 bits per heavy atom. The lowest BCUT2D eigenvalue weighted by atomic mass is 10.0. The topological polar surface area (TPSA) is 55.4 Å². The van der Waals surface area contributed by atoms with Gasteiger partial charge in [-0.15, -0.1) is 11.3 Å². The van der Waals surface area contributed by atoms with Crippen LogP contribution in [0, 0.1) is 23.7 Å². The van der Waals surface area contributed by atoms with Crippen molar-refractivity contribution < 1.29 is 14.3 Å². The van der Waals surface area contributed by atoms with E-state index in [1.165, 1.54) is 18.4 Å². The molecule has 0 atom stereocenters. The van der Waals surface area contributed by atoms with Gasteiger partial charge in [-0.2, -0.15) is 0 Å². The first-order chi connectivity index (χ1) is 9.14. The van der Waals surface area contributed by atoms with E-state index in [-0.39, 0.29) is 22.7 Å². The predicted molar refractivity (Wildman–Crippen MR) is 80.1 cm³/mol. The van der Waals surface area contributed by atoms with Crippen LogP contribution in [0.4, 0.5) is 5.69 Å². The molecule has 0 saturated heterocycles. The third-order valence-corrected chi connectivity index (χ3v) is 5.95. The first-order valence-corrected chi connectivity index (χ1v) is 7.49. The lowest BCUT2D eigenvalue weighted by molar-refractivity contribution is -0.118. The highest BCUT2D eigenvalue weighted by Crippen LogP contribution is 2.68. The van der Waals surface area contributed by atoms with Crippen LogP contribution in [0.5, 0.6) is 0 Å². The molecular weight excluding hydrogens is 274 g/mol. The average molecular weight is 295 g/mol. The van der Waals surface area contributed by atoms with Crippen LogP contribution in [0.25, 0.3) is 0 Å². The number of nitrogens with one attached hydrogen (secondary N) is 1. The van der Waals surface area contributed by atoms with Gasteiger partial charge in [-0.3, -0.25) is 4.79 Å². The van der Waals surface area contributed by atoms with Crippen molar-refractivity contribution in [3.05, 3.63) is 15.8 Å². The third-order valence-electron chi connectivity index (χ3n) is 4.88. The first-order valence-electron chi connectivity index (χ1n) is 6.62. The number of methoxy groups -OCH3 is 1. The highest BCUT2D eigenvalue weighted by molar-refractivity contribution is 7.12. The van der Waals surface area contributed by atoms with Crippen molar-refractivity contribution in [3.8, 4) is 0 Å². The summed E-state index contributed by atoms with van der Waals surface area (Å²) >= 11 is 1.29. The Morgan fingerprint density at radius 2 is 1.80 bits per heavy atom. The second-order valence-electron chi connectivity index (χ2n) is 6.48. The molecule has 1 N–H and O–H groups in total. The fraction of sp³-hybridized carbons (Fsp3) is 0.600. The van der Waals surface area contributed by atoms with Crippen molar-refractivity contribution in [1.29, 1.82) is 0 Å². The monoisotopic (exact) mass is 295 g/mol. The first kappa shape index (κ1) is 15.0. The fourth-order valence-electron chi connectivity index (χ4n) is 2.89. The van der Waals surface area contributed by atoms with E-state index >= 15 is 0 Å². The number of esters is 1. The quantitative estimate of drug-likeness (QED) is 0.869. The van der Waals surface area contributed by atoms with Crippen LogP contribution in [0.3, 0.4) is 0 Å². The molecule has 1 aliphatic carbocycles. The van der Waals surface area contributed by atoms with E-state index in [1.54, 1.807) is 0 Å². The maximum Gasteiger partial charge on any atom is 0.350 e. The van der Waals surface area contributed by atoms with Crippen molar-refractivity contribution in [2.24, 2.45) is 16.7 Å². The van der Waals surface area contributed by atoms with Gasteiger partial charge in [-0.1, -0.05) is 27.7 Å². The molecule has 4 nitrogen and oxygen atoms in total. The Morgan fingerprint density at radius 3 is 2.25 bits per heavy atom. The summed E-state index contributed by atoms with van der Waals surface area (Å²) in [7, 11) is 1.34. The van der Waals surface area contributed by atoms with E-state index in [0.717, 1.165) is 5.56 Å². The van der Waals surface area contributed by atoms with E-state index in [9.17, 15) is 9.59 Å². The third kappa shape index (κ3) is 2.04. The van der Waals surface area contributed by atoms with Gasteiger partial charge in [-0.05, 0) is 28.7 Å². The number of hydrogen-bond donors (Lipinski definition) is 1. The molecule has 1 aromatic heterocycles. The van der Waals surface area contributed by atoms with Crippen molar-refractivity contribution in [3.63, 3.8) is 0 Å². The lowest BCUT2D eigenvalue weighted by Crippen LogP contribution is -2.19. The smallest absolute Gasteiger partial charge is 0.350 e. The molecule has 2 rings (SSSR count). The second-order valence-corrected chi connectivity index (χ2v) is 7.36. The van der Waals surface area contributed by atoms with Crippen LogP contribution in [0.2, 0.25) is 0 Å². The van der Waals surface area contributed by atoms with Gasteiger partial charge in [0.15, 0.2) is 0 Å². The molecule has 1 aliphatic rings. The zero-order valence-corrected chi connectivity index (χ0v) is 13.6. The number of carbonyl (C=O) groups is 2. The Balaban J connectivity index is 2.22. The van der Waals surface area contributed by atoms with Gasteiger partial charge in [0.2, 0.25) is 5.91 Å². The minimum Gasteiger partial charge on any atom is -0.465 e. The summed E-state index contributed by atoms with van der Waals surface area (Å²) in [4.78, 5) is 24.6. The van der Waals surface area contributed by atoms with E-state index < -0.39 is 5.97 Å². The van der Waals surface area contributed by atoms with E-state index in [1.807, 2.05) is 12.3 Å². The number of ether oxygens (including phenoxy) is 1. The zero-order chi connectivity index (χ0) is 15.3. The van der Waals surface area contributed by atoms with Gasteiger partial charge in [0, 0.05) is 5.92 Å². The maximum absolute atomic E-state index is 12.5. The summed E-state index contributed by atoms with van der Waals surface area (Å²) in [5, 5.41) is 4.77. The van der Waals surface area contributed by atoms with Crippen molar-refractivity contribution in [2.75, 3.05) is 12.4 Å². The molecule has 1 saturated carbocycles. The van der Waals surface area contributed by atoms with E-state index in [4.69, 9.17) is 4.74 Å². The summed E-state index contributed by atoms with van der Waals surface area (Å²) in [6.45, 7) is 10.3. The zero-order valence-electron chi connectivity index (χ0n) is 12.8. The Labute approximate surface area is 123 Å². The molecule has 0 spiro atoms. The van der Waals surface area contributed by atoms with Crippen LogP contribution in [0.1, 0.15) is 42.9 Å². The van der Waals surface area contributed by atoms with Gasteiger partial charge < -0.3 is 10.1 Å². The molecule has 1 fully saturated rings. The standard InChI is InChI=1S/C15H21NO3S/c1-8-7-20-10(13(18)19-6)9(8)16-12(17)11-14(2,3)15(11,4)5/h7,11H,1-6H3,(H,16,17). The fourth-order valence-corrected chi connectivity index (χ4v) is 3.81. The van der Waals surface area contributed by atoms with E-state index in [2.05, 4.69) is 33.0 Å². The molecule has 1 heterocycles. The Bertz CT molecular complexity index is 558. The molecule has 0 aliphatic heterocycles. The van der Waals surface area contributed by atoms with Crippen molar-refractivity contribution in [2.45, 2.75) is 34.6 Å². The average Bonchev–Trinajstić information content (AvgIpc) is 2.62. The summed E-state index contributed by atoms with van der Waals surface area (Å²) in [6.07, 6.45) is 0. The normalized spacial score (nSPS) is 19.5. The molecule has 0 unspecified atom stereocenters. The van der Waals surface area contributed by atoms with E-state index in [0.29, 0.717) is 10.6 Å². The number of thiophene rings is 1. The predicted octanol–water partition coefficient (Wildman–Crippen LogP) is 3.46. The highest BCUT2D eigenvalue weighted by atomic mass is 32.1. The van der Waals surface area contributed by atoms with Gasteiger partial charge in [0.25, 0.3) is 0 Å². The molecule has 0 bridgehead atoms. The minimum absolute atomic E-state index is 0.0214. The van der Waals surface area contributed by atoms with Crippen LogP contribution in [-0.2, 0) is 9.53 Å². The number of carbonyl (C=O) groups excluding carboxylic acids is 2. The van der Waals surface area contributed by atoms with Crippen molar-refractivity contribution in [1.82, 2.24) is 0 Å². The van der Waals surface area contributed by atoms with Crippen molar-refractivity contribution >= 4 is 28.9 Å². The van der Waals surface area contributed by atoms with Crippen LogP contribution >= 0.6 is 11.3 Å². The second kappa shape index (κ2) is 4.58. The number of rotatable bonds is 3. The van der Waals surface area contributed by atoms with Gasteiger partial charge in [0.1, 0.15) is 4.88 Å². The summed E-state index contributed by atoms with van der Waals surface area (Å²) in [5.41, 5.74) is 1.43.